The maximum atomic E-state index is 12.3. The van der Waals surface area contributed by atoms with Gasteiger partial charge in [0.25, 0.3) is 5.91 Å². The molecule has 2 aromatic carbocycles. The van der Waals surface area contributed by atoms with Crippen LogP contribution in [0.1, 0.15) is 28.8 Å². The van der Waals surface area contributed by atoms with Crippen molar-refractivity contribution >= 4 is 17.7 Å². The average Bonchev–Trinajstić information content (AvgIpc) is 3.17. The molecule has 1 N–H and O–H groups in total. The second kappa shape index (κ2) is 7.82. The summed E-state index contributed by atoms with van der Waals surface area (Å²) in [5.41, 5.74) is 1.13. The lowest BCUT2D eigenvalue weighted by Crippen LogP contribution is -2.42. The number of hydrogen-bond donors (Lipinski definition) is 1. The second-order valence-electron chi connectivity index (χ2n) is 6.09. The summed E-state index contributed by atoms with van der Waals surface area (Å²) in [7, 11) is 0. The molecule has 6 nitrogen and oxygen atoms in total. The van der Waals surface area contributed by atoms with E-state index in [0.29, 0.717) is 36.3 Å². The Labute approximate surface area is 151 Å². The van der Waals surface area contributed by atoms with Gasteiger partial charge in [0.15, 0.2) is 12.4 Å². The zero-order valence-corrected chi connectivity index (χ0v) is 14.1. The summed E-state index contributed by atoms with van der Waals surface area (Å²) >= 11 is 0. The van der Waals surface area contributed by atoms with E-state index in [2.05, 4.69) is 0 Å². The molecule has 1 atom stereocenters. The number of aliphatic carboxylic acids is 1. The minimum Gasteiger partial charge on any atom is -0.484 e. The van der Waals surface area contributed by atoms with Crippen molar-refractivity contribution < 1.29 is 24.2 Å². The topological polar surface area (TPSA) is 83.9 Å². The van der Waals surface area contributed by atoms with Crippen LogP contribution in [-0.4, -0.2) is 46.9 Å². The van der Waals surface area contributed by atoms with Crippen molar-refractivity contribution in [3.63, 3.8) is 0 Å². The lowest BCUT2D eigenvalue weighted by atomic mass is 10.0. The largest absolute Gasteiger partial charge is 0.484 e. The van der Waals surface area contributed by atoms with Gasteiger partial charge in [-0.25, -0.2) is 4.79 Å². The smallest absolute Gasteiger partial charge is 0.326 e. The van der Waals surface area contributed by atoms with Crippen molar-refractivity contribution in [1.82, 2.24) is 4.90 Å². The van der Waals surface area contributed by atoms with Crippen molar-refractivity contribution in [2.24, 2.45) is 0 Å². The van der Waals surface area contributed by atoms with Crippen molar-refractivity contribution in [3.8, 4) is 5.75 Å². The van der Waals surface area contributed by atoms with Crippen molar-refractivity contribution in [2.75, 3.05) is 13.2 Å². The fourth-order valence-electron chi connectivity index (χ4n) is 3.01. The van der Waals surface area contributed by atoms with Crippen LogP contribution in [0.4, 0.5) is 0 Å². The summed E-state index contributed by atoms with van der Waals surface area (Å²) in [6.45, 7) is 0.208. The molecule has 1 aliphatic heterocycles. The third-order valence-electron chi connectivity index (χ3n) is 4.37. The van der Waals surface area contributed by atoms with E-state index < -0.39 is 12.0 Å². The predicted molar refractivity (Wildman–Crippen MR) is 94.2 cm³/mol. The van der Waals surface area contributed by atoms with Gasteiger partial charge in [-0.15, -0.1) is 0 Å². The molecule has 0 aliphatic carbocycles. The molecule has 0 radical (unpaired) electrons. The summed E-state index contributed by atoms with van der Waals surface area (Å²) < 4.78 is 5.45. The van der Waals surface area contributed by atoms with Crippen molar-refractivity contribution in [2.45, 2.75) is 18.9 Å². The molecule has 0 bridgehead atoms. The van der Waals surface area contributed by atoms with E-state index in [4.69, 9.17) is 9.84 Å². The van der Waals surface area contributed by atoms with E-state index in [1.807, 2.05) is 6.07 Å². The van der Waals surface area contributed by atoms with E-state index in [1.54, 1.807) is 48.5 Å². The molecule has 0 spiro atoms. The molecule has 26 heavy (non-hydrogen) atoms. The van der Waals surface area contributed by atoms with Crippen LogP contribution in [0.2, 0.25) is 0 Å². The highest BCUT2D eigenvalue weighted by atomic mass is 16.5. The molecule has 3 rings (SSSR count). The third kappa shape index (κ3) is 3.91. The first kappa shape index (κ1) is 17.7. The highest BCUT2D eigenvalue weighted by Gasteiger charge is 2.33. The van der Waals surface area contributed by atoms with Crippen LogP contribution >= 0.6 is 0 Å². The van der Waals surface area contributed by atoms with Crippen LogP contribution in [0.3, 0.4) is 0 Å². The molecule has 1 heterocycles. The Morgan fingerprint density at radius 1 is 1.00 bits per heavy atom. The molecule has 1 aliphatic rings. The number of likely N-dealkylation sites (tertiary alicyclic amines) is 1. The van der Waals surface area contributed by atoms with Gasteiger partial charge < -0.3 is 14.7 Å². The Bertz CT molecular complexity index is 801. The summed E-state index contributed by atoms with van der Waals surface area (Å²) in [5.74, 6) is -0.970. The standard InChI is InChI=1S/C20H19NO5/c22-18(21-12-4-7-17(21)20(24)25)13-26-16-10-8-15(9-11-16)19(23)14-5-2-1-3-6-14/h1-3,5-6,8-11,17H,4,7,12-13H2,(H,24,25). The van der Waals surface area contributed by atoms with E-state index in [-0.39, 0.29) is 18.3 Å². The van der Waals surface area contributed by atoms with Gasteiger partial charge in [0, 0.05) is 17.7 Å². The first-order valence-electron chi connectivity index (χ1n) is 8.41. The fraction of sp³-hybridized carbons (Fsp3) is 0.250. The van der Waals surface area contributed by atoms with Crippen LogP contribution < -0.4 is 4.74 Å². The normalized spacial score (nSPS) is 16.3. The predicted octanol–water partition coefficient (Wildman–Crippen LogP) is 2.37. The van der Waals surface area contributed by atoms with Crippen LogP contribution in [0.25, 0.3) is 0 Å². The quantitative estimate of drug-likeness (QED) is 0.806. The summed E-state index contributed by atoms with van der Waals surface area (Å²) in [6.07, 6.45) is 1.15. The molecule has 2 aromatic rings. The van der Waals surface area contributed by atoms with E-state index in [0.717, 1.165) is 0 Å². The minimum atomic E-state index is -0.986. The number of carbonyl (C=O) groups is 3. The van der Waals surface area contributed by atoms with Crippen LogP contribution in [-0.2, 0) is 9.59 Å². The summed E-state index contributed by atoms with van der Waals surface area (Å²) in [6, 6.07) is 14.7. The minimum absolute atomic E-state index is 0.0883. The lowest BCUT2D eigenvalue weighted by Gasteiger charge is -2.21. The first-order valence-corrected chi connectivity index (χ1v) is 8.41. The molecule has 0 aromatic heterocycles. The fourth-order valence-corrected chi connectivity index (χ4v) is 3.01. The number of nitrogens with zero attached hydrogens (tertiary/aromatic N) is 1. The molecule has 1 fully saturated rings. The highest BCUT2D eigenvalue weighted by Crippen LogP contribution is 2.19. The third-order valence-corrected chi connectivity index (χ3v) is 4.37. The van der Waals surface area contributed by atoms with Gasteiger partial charge in [0.2, 0.25) is 0 Å². The summed E-state index contributed by atoms with van der Waals surface area (Å²) in [4.78, 5) is 37.0. The first-order chi connectivity index (χ1) is 12.6. The zero-order chi connectivity index (χ0) is 18.5. The number of amides is 1. The van der Waals surface area contributed by atoms with Crippen LogP contribution in [0.15, 0.2) is 54.6 Å². The Kier molecular flexibility index (Phi) is 5.31. The Balaban J connectivity index is 1.59. The highest BCUT2D eigenvalue weighted by molar-refractivity contribution is 6.09. The number of benzene rings is 2. The molecule has 1 saturated heterocycles. The van der Waals surface area contributed by atoms with Gasteiger partial charge in [0.1, 0.15) is 11.8 Å². The van der Waals surface area contributed by atoms with Gasteiger partial charge in [-0.1, -0.05) is 30.3 Å². The molecule has 1 amide bonds. The van der Waals surface area contributed by atoms with Gasteiger partial charge in [-0.2, -0.15) is 0 Å². The molecule has 134 valence electrons. The number of carboxylic acids is 1. The molecule has 6 heteroatoms. The van der Waals surface area contributed by atoms with Gasteiger partial charge in [0.05, 0.1) is 0 Å². The Hall–Kier alpha value is -3.15. The van der Waals surface area contributed by atoms with Crippen molar-refractivity contribution in [1.29, 1.82) is 0 Å². The second-order valence-corrected chi connectivity index (χ2v) is 6.09. The maximum absolute atomic E-state index is 12.3. The lowest BCUT2D eigenvalue weighted by molar-refractivity contribution is -0.148. The number of ketones is 1. The number of rotatable bonds is 6. The van der Waals surface area contributed by atoms with Gasteiger partial charge in [-0.3, -0.25) is 9.59 Å². The number of carboxylic acid groups (broad SMARTS) is 1. The van der Waals surface area contributed by atoms with Crippen LogP contribution in [0, 0.1) is 0 Å². The Morgan fingerprint density at radius 2 is 1.65 bits per heavy atom. The molecule has 1 unspecified atom stereocenters. The van der Waals surface area contributed by atoms with E-state index in [9.17, 15) is 14.4 Å². The molecule has 0 saturated carbocycles. The average molecular weight is 353 g/mol. The monoisotopic (exact) mass is 353 g/mol. The SMILES string of the molecule is O=C(c1ccccc1)c1ccc(OCC(=O)N2CCCC2C(=O)O)cc1. The Morgan fingerprint density at radius 3 is 2.31 bits per heavy atom. The van der Waals surface area contributed by atoms with E-state index >= 15 is 0 Å². The number of carbonyl (C=O) groups excluding carboxylic acids is 2. The van der Waals surface area contributed by atoms with E-state index in [1.165, 1.54) is 4.90 Å². The van der Waals surface area contributed by atoms with Crippen molar-refractivity contribution in [3.05, 3.63) is 65.7 Å². The van der Waals surface area contributed by atoms with Crippen LogP contribution in [0.5, 0.6) is 5.75 Å². The number of hydrogen-bond acceptors (Lipinski definition) is 4. The summed E-state index contributed by atoms with van der Waals surface area (Å²) in [5, 5.41) is 9.13. The molecular weight excluding hydrogens is 334 g/mol. The molecular formula is C20H19NO5. The zero-order valence-electron chi connectivity index (χ0n) is 14.1. The number of ether oxygens (including phenoxy) is 1. The maximum Gasteiger partial charge on any atom is 0.326 e. The van der Waals surface area contributed by atoms with Gasteiger partial charge in [-0.05, 0) is 37.1 Å². The van der Waals surface area contributed by atoms with Gasteiger partial charge >= 0.3 is 5.97 Å².